The van der Waals surface area contributed by atoms with Gasteiger partial charge in [0, 0.05) is 39.6 Å². The van der Waals surface area contributed by atoms with E-state index in [1.807, 2.05) is 0 Å². The van der Waals surface area contributed by atoms with Crippen molar-refractivity contribution in [3.63, 3.8) is 0 Å². The molecule has 5 nitrogen and oxygen atoms in total. The summed E-state index contributed by atoms with van der Waals surface area (Å²) >= 11 is 3.92. The predicted molar refractivity (Wildman–Crippen MR) is 87.8 cm³/mol. The van der Waals surface area contributed by atoms with Crippen LogP contribution in [0.1, 0.15) is 18.9 Å². The molecule has 1 heterocycles. The van der Waals surface area contributed by atoms with Crippen LogP contribution in [0, 0.1) is 34.3 Å². The molecule has 1 fully saturated rings. The van der Waals surface area contributed by atoms with E-state index in [-0.39, 0.29) is 52.1 Å². The molecule has 1 aliphatic rings. The number of hydrogen-bond donors (Lipinski definition) is 1. The molecule has 1 aliphatic heterocycles. The minimum absolute atomic E-state index is 0. The van der Waals surface area contributed by atoms with Gasteiger partial charge in [-0.25, -0.2) is 4.79 Å². The van der Waals surface area contributed by atoms with Crippen molar-refractivity contribution in [3.05, 3.63) is 58.0 Å². The molecule has 1 atom stereocenters. The number of carbonyl (C=O) groups is 2. The second kappa shape index (κ2) is 17.6. The standard InChI is InChI=1S/C13H14N2O3.C3H6.CH3.V.W.Y/c1-9-4-3-5-11(6-9)15-8-12(18-13(15)17)7-14-10(2)16;1-3-2;;;;/h3,5-6,12H,1,7-8H2,2H3,(H,14,16);1-3H2;1H3;;;/q2*-2;-1;+2;;/t12-;;;;;/m0...../s1. The summed E-state index contributed by atoms with van der Waals surface area (Å²) in [7, 11) is 0. The van der Waals surface area contributed by atoms with Crippen molar-refractivity contribution in [2.45, 2.75) is 19.4 Å². The van der Waals surface area contributed by atoms with E-state index in [0.29, 0.717) is 18.7 Å². The molecule has 0 saturated carbocycles. The minimum Gasteiger partial charge on any atom is 0 e. The number of hydrogen-bond acceptors (Lipinski definition) is 3. The summed E-state index contributed by atoms with van der Waals surface area (Å²) in [5.41, 5.74) is 1.44. The molecule has 0 spiro atoms. The van der Waals surface area contributed by atoms with Gasteiger partial charge >= 0.3 is 37.0 Å². The van der Waals surface area contributed by atoms with E-state index in [4.69, 9.17) is 4.74 Å². The fourth-order valence-corrected chi connectivity index (χ4v) is 1.77. The van der Waals surface area contributed by atoms with E-state index in [1.165, 1.54) is 28.6 Å². The normalized spacial score (nSPS) is 14.4. The van der Waals surface area contributed by atoms with Gasteiger partial charge in [0.25, 0.3) is 0 Å². The van der Waals surface area contributed by atoms with Gasteiger partial charge in [-0.1, -0.05) is 11.8 Å². The van der Waals surface area contributed by atoms with E-state index in [2.05, 4.69) is 46.2 Å². The number of benzene rings is 1. The number of ether oxygens (including phenoxy) is 1. The minimum atomic E-state index is -0.407. The molecule has 1 aromatic rings. The second-order valence-electron chi connectivity index (χ2n) is 4.48. The first-order valence-corrected chi connectivity index (χ1v) is 12.8. The van der Waals surface area contributed by atoms with Crippen LogP contribution in [0.4, 0.5) is 10.5 Å². The van der Waals surface area contributed by atoms with Gasteiger partial charge in [0.2, 0.25) is 5.91 Å². The Labute approximate surface area is 194 Å². The summed E-state index contributed by atoms with van der Waals surface area (Å²) in [6.07, 6.45) is 0.0230. The Bertz CT molecular complexity index is 520. The third-order valence-electron chi connectivity index (χ3n) is 2.61. The summed E-state index contributed by atoms with van der Waals surface area (Å²) in [5.74, 6) is -0.140. The van der Waals surface area contributed by atoms with E-state index < -0.39 is 6.09 Å². The molecular weight excluding hydrogens is 604 g/mol. The number of anilines is 1. The summed E-state index contributed by atoms with van der Waals surface area (Å²) in [4.78, 5) is 24.0. The SMILES string of the molecule is [CH2-]C[CH2-].[CH2-]c1[c-]ccc(N2C[C@H](CNC(C)=O)OC2=O)c1.[CH3-].[V+2]=[W].[Y]. The Balaban J connectivity index is -0.000000627. The quantitative estimate of drug-likeness (QED) is 0.525. The summed E-state index contributed by atoms with van der Waals surface area (Å²) < 4.78 is 5.16. The van der Waals surface area contributed by atoms with Gasteiger partial charge in [0.15, 0.2) is 0 Å². The third kappa shape index (κ3) is 12.3. The van der Waals surface area contributed by atoms with Gasteiger partial charge in [-0.05, 0) is 0 Å². The molecule has 25 heavy (non-hydrogen) atoms. The largest absolute Gasteiger partial charge is 0 e. The number of cyclic esters (lactones) is 1. The van der Waals surface area contributed by atoms with Crippen LogP contribution in [0.25, 0.3) is 0 Å². The fraction of sp³-hybridized carbons (Fsp3) is 0.294. The molecule has 0 unspecified atom stereocenters. The molecule has 1 N–H and O–H groups in total. The van der Waals surface area contributed by atoms with Crippen molar-refractivity contribution < 1.29 is 77.9 Å². The molecule has 8 heteroatoms. The van der Waals surface area contributed by atoms with Gasteiger partial charge in [-0.3, -0.25) is 15.8 Å². The summed E-state index contributed by atoms with van der Waals surface area (Å²) in [6.45, 7) is 12.7. The van der Waals surface area contributed by atoms with Crippen molar-refractivity contribution in [2.75, 3.05) is 18.0 Å². The second-order valence-corrected chi connectivity index (χ2v) is 4.48. The monoisotopic (exact) mass is 627 g/mol. The van der Waals surface area contributed by atoms with Crippen LogP contribution in [0.2, 0.25) is 0 Å². The van der Waals surface area contributed by atoms with E-state index in [0.717, 1.165) is 12.1 Å². The van der Waals surface area contributed by atoms with Crippen molar-refractivity contribution in [1.82, 2.24) is 5.32 Å². The van der Waals surface area contributed by atoms with Gasteiger partial charge in [0.1, 0.15) is 6.10 Å². The molecule has 1 aromatic carbocycles. The van der Waals surface area contributed by atoms with E-state index in [1.54, 1.807) is 18.2 Å². The first-order valence-electron chi connectivity index (χ1n) is 6.81. The van der Waals surface area contributed by atoms with Crippen molar-refractivity contribution in [1.29, 1.82) is 0 Å². The molecule has 2 amide bonds. The van der Waals surface area contributed by atoms with Gasteiger partial charge in [-0.2, -0.15) is 6.07 Å². The topological polar surface area (TPSA) is 58.6 Å². The van der Waals surface area contributed by atoms with E-state index in [9.17, 15) is 9.59 Å². The van der Waals surface area contributed by atoms with Crippen LogP contribution >= 0.6 is 0 Å². The number of rotatable bonds is 3. The molecule has 0 aliphatic carbocycles. The molecule has 136 valence electrons. The number of carbonyl (C=O) groups excluding carboxylic acids is 2. The zero-order valence-electron chi connectivity index (χ0n) is 14.7. The molecular formula is C17H23N2O3VWY-3. The summed E-state index contributed by atoms with van der Waals surface area (Å²) in [5, 5.41) is 2.63. The molecule has 0 aromatic heterocycles. The number of nitrogens with zero attached hydrogens (tertiary/aromatic N) is 1. The van der Waals surface area contributed by atoms with Crippen LogP contribution < -0.4 is 10.2 Å². The van der Waals surface area contributed by atoms with Crippen molar-refractivity contribution in [3.8, 4) is 0 Å². The van der Waals surface area contributed by atoms with Crippen molar-refractivity contribution >= 4 is 17.7 Å². The average molecular weight is 627 g/mol. The summed E-state index contributed by atoms with van der Waals surface area (Å²) in [6, 6.07) is 8.17. The third-order valence-corrected chi connectivity index (χ3v) is 2.61. The Morgan fingerprint density at radius 3 is 2.56 bits per heavy atom. The molecule has 1 saturated heterocycles. The Morgan fingerprint density at radius 2 is 2.08 bits per heavy atom. The average Bonchev–Trinajstić information content (AvgIpc) is 2.89. The first-order chi connectivity index (χ1) is 11.0. The van der Waals surface area contributed by atoms with Crippen LogP contribution in [0.5, 0.6) is 0 Å². The number of amides is 2. The van der Waals surface area contributed by atoms with Gasteiger partial charge < -0.3 is 56.3 Å². The maximum atomic E-state index is 11.7. The molecule has 0 bridgehead atoms. The number of nitrogens with one attached hydrogen (secondary N) is 1. The molecule has 2 rings (SSSR count). The van der Waals surface area contributed by atoms with Gasteiger partial charge in [-0.15, -0.1) is 0 Å². The Hall–Kier alpha value is 0.207. The van der Waals surface area contributed by atoms with Crippen LogP contribution in [0.15, 0.2) is 18.2 Å². The molecule has 1 radical (unpaired) electrons. The van der Waals surface area contributed by atoms with Crippen molar-refractivity contribution in [2.24, 2.45) is 0 Å². The Kier molecular flexibility index (Phi) is 21.1. The Morgan fingerprint density at radius 1 is 1.52 bits per heavy atom. The zero-order valence-corrected chi connectivity index (χ0v) is 21.8. The maximum absolute atomic E-state index is 11.7. The van der Waals surface area contributed by atoms with Crippen LogP contribution in [0.3, 0.4) is 0 Å². The maximum Gasteiger partial charge on any atom is 0 e. The zero-order chi connectivity index (χ0) is 17.8. The van der Waals surface area contributed by atoms with Crippen LogP contribution in [-0.2, 0) is 73.1 Å². The first kappa shape index (κ1) is 30.0. The fourth-order valence-electron chi connectivity index (χ4n) is 1.77. The van der Waals surface area contributed by atoms with Crippen LogP contribution in [-0.4, -0.2) is 31.2 Å². The smallest absolute Gasteiger partial charge is 0 e. The van der Waals surface area contributed by atoms with Gasteiger partial charge in [0.05, 0.1) is 13.1 Å². The predicted octanol–water partition coefficient (Wildman–Crippen LogP) is 2.62. The van der Waals surface area contributed by atoms with E-state index >= 15 is 0 Å².